The van der Waals surface area contributed by atoms with Crippen molar-refractivity contribution in [1.29, 1.82) is 0 Å². The largest absolute Gasteiger partial charge is 0.494 e. The summed E-state index contributed by atoms with van der Waals surface area (Å²) in [7, 11) is 0. The normalized spacial score (nSPS) is 11.2. The van der Waals surface area contributed by atoms with Gasteiger partial charge in [-0.05, 0) is 24.1 Å². The fourth-order valence-electron chi connectivity index (χ4n) is 3.23. The van der Waals surface area contributed by atoms with Gasteiger partial charge in [0.15, 0.2) is 0 Å². The molecule has 0 radical (unpaired) electrons. The highest BCUT2D eigenvalue weighted by Crippen LogP contribution is 2.31. The molecule has 0 aliphatic carbocycles. The lowest BCUT2D eigenvalue weighted by molar-refractivity contribution is 0.304. The summed E-state index contributed by atoms with van der Waals surface area (Å²) in [4.78, 5) is 0. The number of ether oxygens (including phenoxy) is 1. The van der Waals surface area contributed by atoms with Crippen LogP contribution in [0, 0.1) is 0 Å². The molecule has 1 nitrogen and oxygen atoms in total. The van der Waals surface area contributed by atoms with Crippen molar-refractivity contribution >= 4 is 31.9 Å². The number of hydrogen-bond donors (Lipinski definition) is 0. The standard InChI is InChI=1S/C23H38Br2O/c1-2-3-4-5-6-7-8-9-10-11-12-13-14-15-19-26-22-18-16-17-21(20-22)23(24)25/h16-18,20,23H,2-15,19H2,1H3. The SMILES string of the molecule is CCCCCCCCCCCCCCCCOc1cccc(C(Br)Br)c1. The summed E-state index contributed by atoms with van der Waals surface area (Å²) < 4.78 is 6.06. The first-order valence-electron chi connectivity index (χ1n) is 10.7. The van der Waals surface area contributed by atoms with Gasteiger partial charge in [0.25, 0.3) is 0 Å². The van der Waals surface area contributed by atoms with E-state index in [0.717, 1.165) is 18.8 Å². The summed E-state index contributed by atoms with van der Waals surface area (Å²) in [5.74, 6) is 0.973. The van der Waals surface area contributed by atoms with Crippen LogP contribution in [0.5, 0.6) is 5.75 Å². The predicted molar refractivity (Wildman–Crippen MR) is 123 cm³/mol. The minimum Gasteiger partial charge on any atom is -0.494 e. The van der Waals surface area contributed by atoms with Gasteiger partial charge in [0.2, 0.25) is 0 Å². The van der Waals surface area contributed by atoms with Crippen LogP contribution in [-0.2, 0) is 0 Å². The van der Waals surface area contributed by atoms with E-state index in [1.165, 1.54) is 89.0 Å². The van der Waals surface area contributed by atoms with Crippen LogP contribution in [0.1, 0.15) is 106 Å². The van der Waals surface area contributed by atoms with Gasteiger partial charge in [0.05, 0.1) is 10.3 Å². The highest BCUT2D eigenvalue weighted by molar-refractivity contribution is 9.24. The number of rotatable bonds is 17. The molecule has 3 heteroatoms. The lowest BCUT2D eigenvalue weighted by Crippen LogP contribution is -1.97. The van der Waals surface area contributed by atoms with Crippen LogP contribution in [0.2, 0.25) is 0 Å². The number of hydrogen-bond acceptors (Lipinski definition) is 1. The Morgan fingerprint density at radius 1 is 0.731 bits per heavy atom. The molecule has 150 valence electrons. The molecule has 0 bridgehead atoms. The molecule has 26 heavy (non-hydrogen) atoms. The monoisotopic (exact) mass is 488 g/mol. The predicted octanol–water partition coefficient (Wildman–Crippen LogP) is 9.34. The lowest BCUT2D eigenvalue weighted by atomic mass is 10.0. The molecule has 0 aromatic heterocycles. The Kier molecular flexibility index (Phi) is 15.8. The molecule has 0 atom stereocenters. The minimum absolute atomic E-state index is 0.194. The molecular weight excluding hydrogens is 452 g/mol. The van der Waals surface area contributed by atoms with Crippen LogP contribution in [-0.4, -0.2) is 6.61 Å². The van der Waals surface area contributed by atoms with Gasteiger partial charge < -0.3 is 4.74 Å². The van der Waals surface area contributed by atoms with Crippen LogP contribution >= 0.6 is 31.9 Å². The first-order chi connectivity index (χ1) is 12.7. The average molecular weight is 490 g/mol. The van der Waals surface area contributed by atoms with Gasteiger partial charge in [-0.15, -0.1) is 0 Å². The van der Waals surface area contributed by atoms with Gasteiger partial charge in [0, 0.05) is 0 Å². The minimum atomic E-state index is 0.194. The van der Waals surface area contributed by atoms with Gasteiger partial charge in [0.1, 0.15) is 5.75 Å². The molecule has 0 N–H and O–H groups in total. The second kappa shape index (κ2) is 17.1. The second-order valence-electron chi connectivity index (χ2n) is 7.32. The van der Waals surface area contributed by atoms with E-state index in [2.05, 4.69) is 50.9 Å². The van der Waals surface area contributed by atoms with Crippen molar-refractivity contribution in [2.75, 3.05) is 6.61 Å². The summed E-state index contributed by atoms with van der Waals surface area (Å²) in [5.41, 5.74) is 1.20. The molecule has 0 saturated heterocycles. The number of alkyl halides is 2. The van der Waals surface area contributed by atoms with Gasteiger partial charge >= 0.3 is 0 Å². The second-order valence-corrected chi connectivity index (χ2v) is 10.4. The smallest absolute Gasteiger partial charge is 0.119 e. The molecule has 0 amide bonds. The Morgan fingerprint density at radius 2 is 1.23 bits per heavy atom. The zero-order valence-corrected chi connectivity index (χ0v) is 19.8. The van der Waals surface area contributed by atoms with E-state index >= 15 is 0 Å². The molecule has 0 unspecified atom stereocenters. The third-order valence-electron chi connectivity index (χ3n) is 4.88. The fourth-order valence-corrected chi connectivity index (χ4v) is 3.80. The van der Waals surface area contributed by atoms with Crippen molar-refractivity contribution < 1.29 is 4.74 Å². The van der Waals surface area contributed by atoms with E-state index in [4.69, 9.17) is 4.74 Å². The highest BCUT2D eigenvalue weighted by atomic mass is 79.9. The van der Waals surface area contributed by atoms with Crippen molar-refractivity contribution in [1.82, 2.24) is 0 Å². The van der Waals surface area contributed by atoms with E-state index in [1.54, 1.807) is 0 Å². The maximum absolute atomic E-state index is 5.86. The zero-order chi connectivity index (χ0) is 18.9. The van der Waals surface area contributed by atoms with Gasteiger partial charge in [-0.3, -0.25) is 0 Å². The van der Waals surface area contributed by atoms with Crippen molar-refractivity contribution in [2.24, 2.45) is 0 Å². The van der Waals surface area contributed by atoms with Crippen molar-refractivity contribution in [3.05, 3.63) is 29.8 Å². The topological polar surface area (TPSA) is 9.23 Å². The Labute approximate surface area is 178 Å². The maximum atomic E-state index is 5.86. The molecule has 0 heterocycles. The van der Waals surface area contributed by atoms with E-state index in [-0.39, 0.29) is 3.74 Å². The molecule has 0 spiro atoms. The van der Waals surface area contributed by atoms with Crippen LogP contribution < -0.4 is 4.74 Å². The molecular formula is C23H38Br2O. The molecule has 0 saturated carbocycles. The first kappa shape index (κ1) is 24.0. The maximum Gasteiger partial charge on any atom is 0.119 e. The lowest BCUT2D eigenvalue weighted by Gasteiger charge is -2.08. The van der Waals surface area contributed by atoms with Crippen molar-refractivity contribution in [2.45, 2.75) is 101 Å². The number of halogens is 2. The first-order valence-corrected chi connectivity index (χ1v) is 12.6. The average Bonchev–Trinajstić information content (AvgIpc) is 2.65. The Morgan fingerprint density at radius 3 is 1.73 bits per heavy atom. The van der Waals surface area contributed by atoms with Gasteiger partial charge in [-0.2, -0.15) is 0 Å². The Balaban J connectivity index is 1.84. The summed E-state index contributed by atoms with van der Waals surface area (Å²) in [6, 6.07) is 8.27. The summed E-state index contributed by atoms with van der Waals surface area (Å²) in [5, 5.41) is 0. The molecule has 1 aromatic rings. The van der Waals surface area contributed by atoms with E-state index in [0.29, 0.717) is 0 Å². The van der Waals surface area contributed by atoms with E-state index < -0.39 is 0 Å². The highest BCUT2D eigenvalue weighted by Gasteiger charge is 2.03. The van der Waals surface area contributed by atoms with Crippen LogP contribution in [0.25, 0.3) is 0 Å². The number of unbranched alkanes of at least 4 members (excludes halogenated alkanes) is 13. The number of benzene rings is 1. The van der Waals surface area contributed by atoms with Gasteiger partial charge in [-0.1, -0.05) is 134 Å². The zero-order valence-electron chi connectivity index (χ0n) is 16.7. The quantitative estimate of drug-likeness (QED) is 0.156. The molecule has 0 aliphatic heterocycles. The van der Waals surface area contributed by atoms with Crippen LogP contribution in [0.3, 0.4) is 0 Å². The fraction of sp³-hybridized carbons (Fsp3) is 0.739. The van der Waals surface area contributed by atoms with E-state index in [1.807, 2.05) is 12.1 Å². The Hall–Kier alpha value is -0.0200. The molecule has 0 fully saturated rings. The third-order valence-corrected chi connectivity index (χ3v) is 5.93. The van der Waals surface area contributed by atoms with Crippen molar-refractivity contribution in [3.63, 3.8) is 0 Å². The summed E-state index contributed by atoms with van der Waals surface area (Å²) in [6.45, 7) is 3.12. The van der Waals surface area contributed by atoms with Crippen molar-refractivity contribution in [3.8, 4) is 5.75 Å². The molecule has 1 rings (SSSR count). The Bertz CT molecular complexity index is 434. The van der Waals surface area contributed by atoms with Gasteiger partial charge in [-0.25, -0.2) is 0 Å². The van der Waals surface area contributed by atoms with Crippen LogP contribution in [0.15, 0.2) is 24.3 Å². The van der Waals surface area contributed by atoms with Crippen LogP contribution in [0.4, 0.5) is 0 Å². The molecule has 1 aromatic carbocycles. The summed E-state index contributed by atoms with van der Waals surface area (Å²) in [6.07, 6.45) is 19.5. The molecule has 0 aliphatic rings. The third kappa shape index (κ3) is 13.2. The summed E-state index contributed by atoms with van der Waals surface area (Å²) >= 11 is 7.05. The van der Waals surface area contributed by atoms with E-state index in [9.17, 15) is 0 Å².